The summed E-state index contributed by atoms with van der Waals surface area (Å²) >= 11 is 4.15. The second-order valence-corrected chi connectivity index (χ2v) is 6.27. The predicted molar refractivity (Wildman–Crippen MR) is 78.1 cm³/mol. The van der Waals surface area contributed by atoms with Crippen molar-refractivity contribution in [3.63, 3.8) is 0 Å². The lowest BCUT2D eigenvalue weighted by Crippen LogP contribution is -2.04. The number of aromatic nitrogens is 3. The van der Waals surface area contributed by atoms with E-state index in [1.807, 2.05) is 18.4 Å². The molecule has 0 radical (unpaired) electrons. The smallest absolute Gasteiger partial charge is 0.286 e. The average molecular weight is 298 g/mol. The van der Waals surface area contributed by atoms with Gasteiger partial charge < -0.3 is 0 Å². The van der Waals surface area contributed by atoms with Crippen LogP contribution < -0.4 is 5.32 Å². The Morgan fingerprint density at radius 3 is 3.11 bits per heavy atom. The van der Waals surface area contributed by atoms with Crippen LogP contribution in [0.5, 0.6) is 0 Å². The number of hydrogen-bond donors (Lipinski definition) is 1. The van der Waals surface area contributed by atoms with Crippen LogP contribution >= 0.6 is 34.9 Å². The molecular weight excluding hydrogens is 288 g/mol. The number of hydrogen-bond acceptors (Lipinski definition) is 7. The number of nitrogens with zero attached hydrogens (tertiary/aromatic N) is 3. The highest BCUT2D eigenvalue weighted by molar-refractivity contribution is 8.23. The first-order valence-corrected chi connectivity index (χ1v) is 8.16. The molecule has 0 bridgehead atoms. The van der Waals surface area contributed by atoms with Crippen LogP contribution in [0.1, 0.15) is 0 Å². The molecule has 0 aliphatic rings. The fraction of sp³-hybridized carbons (Fsp3) is 0.200. The zero-order valence-corrected chi connectivity index (χ0v) is 11.9. The lowest BCUT2D eigenvalue weighted by Gasteiger charge is -1.97. The van der Waals surface area contributed by atoms with E-state index >= 15 is 0 Å². The Morgan fingerprint density at radius 2 is 2.39 bits per heavy atom. The Labute approximate surface area is 117 Å². The number of rotatable bonds is 4. The van der Waals surface area contributed by atoms with Gasteiger partial charge in [0, 0.05) is 23.0 Å². The van der Waals surface area contributed by atoms with Crippen LogP contribution in [-0.4, -0.2) is 31.8 Å². The molecule has 2 aromatic rings. The Kier molecular flexibility index (Phi) is 4.97. The van der Waals surface area contributed by atoms with Crippen molar-refractivity contribution in [2.24, 2.45) is 0 Å². The Bertz CT molecular complexity index is 517. The first-order valence-electron chi connectivity index (χ1n) is 4.96. The zero-order chi connectivity index (χ0) is 12.8. The van der Waals surface area contributed by atoms with Crippen molar-refractivity contribution in [1.82, 2.24) is 15.2 Å². The molecule has 2 rings (SSSR count). The summed E-state index contributed by atoms with van der Waals surface area (Å²) < 4.78 is 0. The summed E-state index contributed by atoms with van der Waals surface area (Å²) in [5.41, 5.74) is 0.896. The fourth-order valence-corrected chi connectivity index (χ4v) is 2.98. The summed E-state index contributed by atoms with van der Waals surface area (Å²) in [6.07, 6.45) is 5.37. The van der Waals surface area contributed by atoms with Crippen molar-refractivity contribution in [1.29, 1.82) is 0 Å². The maximum absolute atomic E-state index is 11.5. The van der Waals surface area contributed by atoms with Crippen molar-refractivity contribution in [2.45, 2.75) is 0 Å². The quantitative estimate of drug-likeness (QED) is 0.874. The number of thioether (sulfide) groups is 2. The lowest BCUT2D eigenvalue weighted by atomic mass is 10.3. The first-order chi connectivity index (χ1) is 8.79. The SMILES string of the molecule is CSCSC(=O)Nc1nnc(-c2cccnc2)s1. The summed E-state index contributed by atoms with van der Waals surface area (Å²) in [4.78, 5) is 15.5. The molecule has 1 amide bonds. The molecule has 94 valence electrons. The van der Waals surface area contributed by atoms with Crippen LogP contribution in [0.4, 0.5) is 9.93 Å². The molecule has 0 unspecified atom stereocenters. The Hall–Kier alpha value is -1.12. The van der Waals surface area contributed by atoms with Gasteiger partial charge in [0.15, 0.2) is 5.01 Å². The van der Waals surface area contributed by atoms with E-state index in [1.165, 1.54) is 23.1 Å². The van der Waals surface area contributed by atoms with Crippen molar-refractivity contribution >= 4 is 45.2 Å². The van der Waals surface area contributed by atoms with Crippen molar-refractivity contribution in [3.05, 3.63) is 24.5 Å². The molecule has 0 atom stereocenters. The summed E-state index contributed by atoms with van der Waals surface area (Å²) in [6, 6.07) is 3.74. The maximum atomic E-state index is 11.5. The van der Waals surface area contributed by atoms with Crippen LogP contribution in [0.25, 0.3) is 10.6 Å². The standard InChI is InChI=1S/C10H10N4OS3/c1-16-6-17-10(15)12-9-14-13-8(18-9)7-3-2-4-11-5-7/h2-5H,6H2,1H3,(H,12,14,15). The summed E-state index contributed by atoms with van der Waals surface area (Å²) in [5, 5.41) is 12.5. The van der Waals surface area contributed by atoms with Crippen LogP contribution in [-0.2, 0) is 0 Å². The van der Waals surface area contributed by atoms with E-state index in [4.69, 9.17) is 0 Å². The molecule has 0 aliphatic carbocycles. The van der Waals surface area contributed by atoms with Gasteiger partial charge in [-0.3, -0.25) is 15.1 Å². The molecule has 0 aliphatic heterocycles. The molecule has 0 fully saturated rings. The summed E-state index contributed by atoms with van der Waals surface area (Å²) in [6.45, 7) is 0. The molecule has 1 N–H and O–H groups in total. The normalized spacial score (nSPS) is 10.3. The van der Waals surface area contributed by atoms with E-state index in [2.05, 4.69) is 20.5 Å². The minimum atomic E-state index is -0.113. The highest BCUT2D eigenvalue weighted by atomic mass is 32.2. The van der Waals surface area contributed by atoms with Gasteiger partial charge in [0.1, 0.15) is 0 Å². The van der Waals surface area contributed by atoms with E-state index in [0.29, 0.717) is 5.13 Å². The first kappa shape index (κ1) is 13.3. The predicted octanol–water partition coefficient (Wildman–Crippen LogP) is 3.19. The monoisotopic (exact) mass is 298 g/mol. The van der Waals surface area contributed by atoms with E-state index in [1.54, 1.807) is 24.2 Å². The van der Waals surface area contributed by atoms with Gasteiger partial charge in [-0.1, -0.05) is 23.1 Å². The second-order valence-electron chi connectivity index (χ2n) is 3.12. The Balaban J connectivity index is 2.00. The van der Waals surface area contributed by atoms with Crippen LogP contribution in [0.3, 0.4) is 0 Å². The van der Waals surface area contributed by atoms with Gasteiger partial charge in [0.2, 0.25) is 5.13 Å². The number of carbonyl (C=O) groups is 1. The van der Waals surface area contributed by atoms with Gasteiger partial charge in [0.25, 0.3) is 5.24 Å². The fourth-order valence-electron chi connectivity index (χ4n) is 1.12. The van der Waals surface area contributed by atoms with Gasteiger partial charge in [-0.05, 0) is 18.4 Å². The van der Waals surface area contributed by atoms with E-state index in [-0.39, 0.29) is 5.24 Å². The molecule has 18 heavy (non-hydrogen) atoms. The average Bonchev–Trinajstić information content (AvgIpc) is 2.86. The molecule has 0 aromatic carbocycles. The zero-order valence-electron chi connectivity index (χ0n) is 9.49. The number of carbonyl (C=O) groups excluding carboxylic acids is 1. The van der Waals surface area contributed by atoms with Gasteiger partial charge >= 0.3 is 0 Å². The second kappa shape index (κ2) is 6.72. The van der Waals surface area contributed by atoms with Crippen LogP contribution in [0, 0.1) is 0 Å². The number of nitrogens with one attached hydrogen (secondary N) is 1. The highest BCUT2D eigenvalue weighted by Crippen LogP contribution is 2.26. The number of pyridine rings is 1. The van der Waals surface area contributed by atoms with Crippen molar-refractivity contribution in [2.75, 3.05) is 16.7 Å². The van der Waals surface area contributed by atoms with Crippen LogP contribution in [0.2, 0.25) is 0 Å². The molecule has 2 heterocycles. The highest BCUT2D eigenvalue weighted by Gasteiger charge is 2.09. The molecule has 0 saturated heterocycles. The molecule has 0 saturated carbocycles. The number of amides is 1. The van der Waals surface area contributed by atoms with Gasteiger partial charge in [-0.15, -0.1) is 10.2 Å². The summed E-state index contributed by atoms with van der Waals surface area (Å²) in [7, 11) is 0. The molecule has 8 heteroatoms. The van der Waals surface area contributed by atoms with Crippen LogP contribution in [0.15, 0.2) is 24.5 Å². The van der Waals surface area contributed by atoms with Gasteiger partial charge in [-0.25, -0.2) is 0 Å². The topological polar surface area (TPSA) is 67.8 Å². The van der Waals surface area contributed by atoms with Crippen molar-refractivity contribution < 1.29 is 4.79 Å². The van der Waals surface area contributed by atoms with Gasteiger partial charge in [0.05, 0.1) is 0 Å². The molecule has 5 nitrogen and oxygen atoms in total. The minimum Gasteiger partial charge on any atom is -0.291 e. The van der Waals surface area contributed by atoms with E-state index in [0.717, 1.165) is 15.7 Å². The van der Waals surface area contributed by atoms with E-state index in [9.17, 15) is 4.79 Å². The van der Waals surface area contributed by atoms with Crippen molar-refractivity contribution in [3.8, 4) is 10.6 Å². The third-order valence-corrected chi connectivity index (χ3v) is 4.52. The number of anilines is 1. The third kappa shape index (κ3) is 3.69. The molecular formula is C10H10N4OS3. The summed E-state index contributed by atoms with van der Waals surface area (Å²) in [5.74, 6) is 0. The maximum Gasteiger partial charge on any atom is 0.286 e. The molecule has 0 spiro atoms. The minimum absolute atomic E-state index is 0.113. The largest absolute Gasteiger partial charge is 0.291 e. The van der Waals surface area contributed by atoms with Gasteiger partial charge in [-0.2, -0.15) is 11.8 Å². The molecule has 2 aromatic heterocycles. The van der Waals surface area contributed by atoms with E-state index < -0.39 is 0 Å². The third-order valence-electron chi connectivity index (χ3n) is 1.85. The lowest BCUT2D eigenvalue weighted by molar-refractivity contribution is 0.270. The Morgan fingerprint density at radius 1 is 1.50 bits per heavy atom.